The zero-order chi connectivity index (χ0) is 12.0. The van der Waals surface area contributed by atoms with Gasteiger partial charge in [0, 0.05) is 6.42 Å². The summed E-state index contributed by atoms with van der Waals surface area (Å²) in [5.41, 5.74) is 0.536. The number of methoxy groups -OCH3 is 2. The van der Waals surface area contributed by atoms with E-state index in [1.54, 1.807) is 32.4 Å². The number of benzene rings is 1. The molecular formula is C13H17O3. The maximum atomic E-state index is 12.0. The Morgan fingerprint density at radius 1 is 1.25 bits per heavy atom. The van der Waals surface area contributed by atoms with Gasteiger partial charge in [-0.3, -0.25) is 4.79 Å². The second kappa shape index (κ2) is 6.16. The van der Waals surface area contributed by atoms with Crippen molar-refractivity contribution in [2.75, 3.05) is 14.2 Å². The lowest BCUT2D eigenvalue weighted by atomic mass is 10.0. The summed E-state index contributed by atoms with van der Waals surface area (Å²) >= 11 is 0. The zero-order valence-electron chi connectivity index (χ0n) is 9.95. The summed E-state index contributed by atoms with van der Waals surface area (Å²) < 4.78 is 10.4. The van der Waals surface area contributed by atoms with E-state index in [9.17, 15) is 4.79 Å². The Bertz CT molecular complexity index is 336. The van der Waals surface area contributed by atoms with Crippen LogP contribution in [-0.2, 0) is 0 Å². The summed E-state index contributed by atoms with van der Waals surface area (Å²) in [6.45, 7) is 1.94. The largest absolute Gasteiger partial charge is 0.496 e. The fourth-order valence-corrected chi connectivity index (χ4v) is 1.53. The molecule has 0 atom stereocenters. The molecule has 87 valence electrons. The Balaban J connectivity index is 3.03. The molecule has 0 fully saturated rings. The van der Waals surface area contributed by atoms with Crippen molar-refractivity contribution >= 4 is 5.78 Å². The lowest BCUT2D eigenvalue weighted by molar-refractivity contribution is 0.0976. The van der Waals surface area contributed by atoms with Crippen molar-refractivity contribution in [1.29, 1.82) is 0 Å². The van der Waals surface area contributed by atoms with E-state index in [-0.39, 0.29) is 5.78 Å². The normalized spacial score (nSPS) is 9.94. The van der Waals surface area contributed by atoms with Crippen molar-refractivity contribution in [3.63, 3.8) is 0 Å². The van der Waals surface area contributed by atoms with E-state index in [4.69, 9.17) is 9.47 Å². The van der Waals surface area contributed by atoms with E-state index < -0.39 is 0 Å². The topological polar surface area (TPSA) is 35.5 Å². The number of carbonyl (C=O) groups is 1. The molecule has 1 radical (unpaired) electrons. The third-order valence-corrected chi connectivity index (χ3v) is 2.37. The minimum atomic E-state index is 0.0485. The lowest BCUT2D eigenvalue weighted by Crippen LogP contribution is -2.04. The van der Waals surface area contributed by atoms with Gasteiger partial charge in [-0.1, -0.05) is 13.0 Å². The highest BCUT2D eigenvalue weighted by Gasteiger charge is 2.17. The first-order chi connectivity index (χ1) is 7.74. The van der Waals surface area contributed by atoms with E-state index >= 15 is 0 Å². The SMILES string of the molecule is C[CH]CCC(=O)c1c(OC)cccc1OC. The first kappa shape index (κ1) is 12.6. The van der Waals surface area contributed by atoms with Crippen LogP contribution in [0, 0.1) is 6.42 Å². The summed E-state index contributed by atoms with van der Waals surface area (Å²) in [6.07, 6.45) is 3.22. The molecule has 0 N–H and O–H groups in total. The van der Waals surface area contributed by atoms with Crippen LogP contribution in [0.1, 0.15) is 30.1 Å². The van der Waals surface area contributed by atoms with Gasteiger partial charge in [0.25, 0.3) is 0 Å². The highest BCUT2D eigenvalue weighted by Crippen LogP contribution is 2.29. The van der Waals surface area contributed by atoms with Gasteiger partial charge in [-0.25, -0.2) is 0 Å². The van der Waals surface area contributed by atoms with E-state index in [0.29, 0.717) is 23.5 Å². The third-order valence-electron chi connectivity index (χ3n) is 2.37. The van der Waals surface area contributed by atoms with Crippen molar-refractivity contribution in [1.82, 2.24) is 0 Å². The van der Waals surface area contributed by atoms with Gasteiger partial charge in [-0.2, -0.15) is 0 Å². The maximum absolute atomic E-state index is 12.0. The van der Waals surface area contributed by atoms with Gasteiger partial charge in [0.1, 0.15) is 17.1 Å². The highest BCUT2D eigenvalue weighted by atomic mass is 16.5. The van der Waals surface area contributed by atoms with Crippen LogP contribution in [-0.4, -0.2) is 20.0 Å². The van der Waals surface area contributed by atoms with Crippen LogP contribution in [0.3, 0.4) is 0 Å². The minimum absolute atomic E-state index is 0.0485. The summed E-state index contributed by atoms with van der Waals surface area (Å²) in [5, 5.41) is 0. The summed E-state index contributed by atoms with van der Waals surface area (Å²) in [4.78, 5) is 12.0. The molecule has 3 nitrogen and oxygen atoms in total. The molecule has 0 saturated carbocycles. The number of Topliss-reactive ketones (excluding diaryl/α,β-unsaturated/α-hetero) is 1. The maximum Gasteiger partial charge on any atom is 0.170 e. The fraction of sp³-hybridized carbons (Fsp3) is 0.385. The van der Waals surface area contributed by atoms with Crippen molar-refractivity contribution in [3.8, 4) is 11.5 Å². The highest BCUT2D eigenvalue weighted by molar-refractivity contribution is 6.01. The Morgan fingerprint density at radius 3 is 2.25 bits per heavy atom. The molecule has 0 spiro atoms. The molecule has 0 aliphatic rings. The molecule has 1 rings (SSSR count). The molecule has 0 saturated heterocycles. The van der Waals surface area contributed by atoms with Crippen LogP contribution in [0.25, 0.3) is 0 Å². The van der Waals surface area contributed by atoms with Crippen molar-refractivity contribution in [2.45, 2.75) is 19.8 Å². The molecule has 0 heterocycles. The van der Waals surface area contributed by atoms with Gasteiger partial charge >= 0.3 is 0 Å². The smallest absolute Gasteiger partial charge is 0.170 e. The van der Waals surface area contributed by atoms with Gasteiger partial charge < -0.3 is 9.47 Å². The Hall–Kier alpha value is -1.51. The zero-order valence-corrected chi connectivity index (χ0v) is 9.95. The quantitative estimate of drug-likeness (QED) is 0.693. The Labute approximate surface area is 96.4 Å². The third kappa shape index (κ3) is 2.75. The van der Waals surface area contributed by atoms with Crippen LogP contribution < -0.4 is 9.47 Å². The second-order valence-electron chi connectivity index (χ2n) is 3.41. The van der Waals surface area contributed by atoms with E-state index in [0.717, 1.165) is 6.42 Å². The number of hydrogen-bond acceptors (Lipinski definition) is 3. The van der Waals surface area contributed by atoms with Crippen LogP contribution in [0.5, 0.6) is 11.5 Å². The molecule has 16 heavy (non-hydrogen) atoms. The standard InChI is InChI=1S/C13H17O3/c1-4-5-7-10(14)13-11(15-2)8-6-9-12(13)16-3/h4,6,8-9H,5,7H2,1-3H3. The summed E-state index contributed by atoms with van der Waals surface area (Å²) in [6, 6.07) is 5.34. The van der Waals surface area contributed by atoms with Crippen molar-refractivity contribution < 1.29 is 14.3 Å². The fourth-order valence-electron chi connectivity index (χ4n) is 1.53. The number of hydrogen-bond donors (Lipinski definition) is 0. The van der Waals surface area contributed by atoms with Gasteiger partial charge in [-0.05, 0) is 25.0 Å². The van der Waals surface area contributed by atoms with Gasteiger partial charge in [0.05, 0.1) is 14.2 Å². The van der Waals surface area contributed by atoms with Gasteiger partial charge in [0.2, 0.25) is 0 Å². The first-order valence-corrected chi connectivity index (χ1v) is 5.26. The Morgan fingerprint density at radius 2 is 1.81 bits per heavy atom. The average Bonchev–Trinajstić information content (AvgIpc) is 2.34. The van der Waals surface area contributed by atoms with Crippen LogP contribution >= 0.6 is 0 Å². The number of unbranched alkanes of at least 4 members (excludes halogenated alkanes) is 1. The minimum Gasteiger partial charge on any atom is -0.496 e. The van der Waals surface area contributed by atoms with Crippen molar-refractivity contribution in [3.05, 3.63) is 30.2 Å². The molecule has 0 bridgehead atoms. The predicted molar refractivity (Wildman–Crippen MR) is 63.1 cm³/mol. The van der Waals surface area contributed by atoms with Crippen molar-refractivity contribution in [2.24, 2.45) is 0 Å². The average molecular weight is 221 g/mol. The monoisotopic (exact) mass is 221 g/mol. The molecule has 0 aromatic heterocycles. The molecule has 3 heteroatoms. The molecule has 0 aliphatic carbocycles. The van der Waals surface area contributed by atoms with Crippen LogP contribution in [0.15, 0.2) is 18.2 Å². The number of ether oxygens (including phenoxy) is 2. The van der Waals surface area contributed by atoms with Crippen LogP contribution in [0.4, 0.5) is 0 Å². The molecular weight excluding hydrogens is 204 g/mol. The lowest BCUT2D eigenvalue weighted by Gasteiger charge is -2.11. The molecule has 0 aliphatic heterocycles. The number of carbonyl (C=O) groups excluding carboxylic acids is 1. The molecule has 1 aromatic carbocycles. The second-order valence-corrected chi connectivity index (χ2v) is 3.41. The Kier molecular flexibility index (Phi) is 4.83. The number of rotatable bonds is 6. The summed E-state index contributed by atoms with van der Waals surface area (Å²) in [7, 11) is 3.11. The van der Waals surface area contributed by atoms with Crippen LogP contribution in [0.2, 0.25) is 0 Å². The van der Waals surface area contributed by atoms with E-state index in [1.165, 1.54) is 0 Å². The number of ketones is 1. The summed E-state index contributed by atoms with van der Waals surface area (Å²) in [5.74, 6) is 1.19. The van der Waals surface area contributed by atoms with Gasteiger partial charge in [-0.15, -0.1) is 0 Å². The van der Waals surface area contributed by atoms with Gasteiger partial charge in [0.15, 0.2) is 5.78 Å². The predicted octanol–water partition coefficient (Wildman–Crippen LogP) is 2.89. The van der Waals surface area contributed by atoms with E-state index in [2.05, 4.69) is 0 Å². The molecule has 0 amide bonds. The first-order valence-electron chi connectivity index (χ1n) is 5.26. The van der Waals surface area contributed by atoms with E-state index in [1.807, 2.05) is 13.3 Å². The molecule has 1 aromatic rings. The molecule has 0 unspecified atom stereocenters.